The van der Waals surface area contributed by atoms with Crippen LogP contribution in [0.3, 0.4) is 0 Å². The molecule has 0 amide bonds. The van der Waals surface area contributed by atoms with Crippen LogP contribution in [0, 0.1) is 11.3 Å². The van der Waals surface area contributed by atoms with Crippen molar-refractivity contribution in [1.29, 1.82) is 0 Å². The number of ether oxygens (including phenoxy) is 1. The number of epoxide rings is 1. The van der Waals surface area contributed by atoms with E-state index in [2.05, 4.69) is 113 Å². The van der Waals surface area contributed by atoms with Gasteiger partial charge in [-0.25, -0.2) is 0 Å². The molecule has 5 heteroatoms. The van der Waals surface area contributed by atoms with Crippen molar-refractivity contribution in [2.45, 2.75) is 153 Å². The Balaban J connectivity index is 1.41. The number of fused-ring (bicyclic) bond motifs is 2. The summed E-state index contributed by atoms with van der Waals surface area (Å²) in [6.07, 6.45) is 10.9. The van der Waals surface area contributed by atoms with Gasteiger partial charge in [-0.05, 0) is 95.2 Å². The molecule has 4 aliphatic rings. The molecule has 3 nitrogen and oxygen atoms in total. The molecule has 5 rings (SSSR count). The van der Waals surface area contributed by atoms with Crippen molar-refractivity contribution < 1.29 is 13.6 Å². The zero-order valence-electron chi connectivity index (χ0n) is 27.0. The lowest BCUT2D eigenvalue weighted by Gasteiger charge is -2.47. The highest BCUT2D eigenvalue weighted by Crippen LogP contribution is 2.72. The van der Waals surface area contributed by atoms with Gasteiger partial charge < -0.3 is 13.6 Å². The van der Waals surface area contributed by atoms with Crippen LogP contribution in [0.1, 0.15) is 106 Å². The Morgan fingerprint density at radius 1 is 0.949 bits per heavy atom. The fourth-order valence-electron chi connectivity index (χ4n) is 8.98. The first-order chi connectivity index (χ1) is 17.9. The monoisotopic (exact) mass is 568 g/mol. The first-order valence-corrected chi connectivity index (χ1v) is 20.9. The minimum atomic E-state index is -2.00. The van der Waals surface area contributed by atoms with Crippen LogP contribution in [0.4, 0.5) is 0 Å². The van der Waals surface area contributed by atoms with E-state index in [0.29, 0.717) is 28.6 Å². The molecule has 0 aromatic heterocycles. The molecule has 0 bridgehead atoms. The van der Waals surface area contributed by atoms with Gasteiger partial charge in [0.25, 0.3) is 8.32 Å². The van der Waals surface area contributed by atoms with Gasteiger partial charge in [0.1, 0.15) is 17.0 Å². The fraction of sp³-hybridized carbons (Fsp3) is 0.765. The van der Waals surface area contributed by atoms with Crippen molar-refractivity contribution in [3.63, 3.8) is 0 Å². The summed E-state index contributed by atoms with van der Waals surface area (Å²) in [5, 5.41) is 0.235. The van der Waals surface area contributed by atoms with E-state index in [1.165, 1.54) is 30.4 Å². The van der Waals surface area contributed by atoms with E-state index in [0.717, 1.165) is 18.6 Å². The maximum absolute atomic E-state index is 7.14. The third-order valence-electron chi connectivity index (χ3n) is 12.2. The Kier molecular flexibility index (Phi) is 7.06. The molecule has 2 saturated carbocycles. The van der Waals surface area contributed by atoms with Crippen LogP contribution in [0.15, 0.2) is 24.3 Å². The molecule has 39 heavy (non-hydrogen) atoms. The number of rotatable bonds is 7. The SMILES string of the molecule is CC(C)[Si](Oc1ccc2c(c1)C[C@@]13CC[C@]4(C)[C@@H](O[Si](C)(C)C(C)(C)C)CC[C@H]4[C@]1(C=C2)O3)(C(C)C)C(C)C. The molecule has 1 saturated heterocycles. The molecule has 0 N–H and O–H groups in total. The summed E-state index contributed by atoms with van der Waals surface area (Å²) in [5.74, 6) is 1.59. The molecule has 0 unspecified atom stereocenters. The Labute approximate surface area is 241 Å². The van der Waals surface area contributed by atoms with E-state index in [9.17, 15) is 0 Å². The molecule has 1 aromatic carbocycles. The Morgan fingerprint density at radius 2 is 1.59 bits per heavy atom. The van der Waals surface area contributed by atoms with E-state index in [1.54, 1.807) is 0 Å². The van der Waals surface area contributed by atoms with E-state index in [4.69, 9.17) is 13.6 Å². The summed E-state index contributed by atoms with van der Waals surface area (Å²) in [5.41, 5.74) is 4.42. The van der Waals surface area contributed by atoms with E-state index < -0.39 is 16.6 Å². The second-order valence-corrected chi connectivity index (χ2v) is 26.3. The topological polar surface area (TPSA) is 31.0 Å². The van der Waals surface area contributed by atoms with E-state index >= 15 is 0 Å². The van der Waals surface area contributed by atoms with Gasteiger partial charge >= 0.3 is 0 Å². The maximum atomic E-state index is 7.14. The van der Waals surface area contributed by atoms with Crippen molar-refractivity contribution in [2.75, 3.05) is 0 Å². The molecule has 3 aliphatic carbocycles. The van der Waals surface area contributed by atoms with Gasteiger partial charge in [0.15, 0.2) is 8.32 Å². The van der Waals surface area contributed by atoms with Crippen molar-refractivity contribution in [2.24, 2.45) is 11.3 Å². The standard InChI is InChI=1S/C34H56O3Si2/c1-23(2)39(24(3)4,25(5)6)35-28-14-13-26-17-18-34-29-15-16-30(36-38(11,12)31(7,8)9)32(29,10)19-20-33(34,37-34)22-27(26)21-28/h13-14,17-18,21,23-25,29-30H,15-16,19-20,22H2,1-12H3/t29-,30+,32+,33+,34+/m1/s1. The van der Waals surface area contributed by atoms with Gasteiger partial charge in [0.05, 0.1) is 6.10 Å². The molecular weight excluding hydrogens is 513 g/mol. The van der Waals surface area contributed by atoms with Crippen molar-refractivity contribution in [3.05, 3.63) is 35.4 Å². The molecule has 218 valence electrons. The predicted octanol–water partition coefficient (Wildman–Crippen LogP) is 9.92. The molecular formula is C34H56O3Si2. The minimum Gasteiger partial charge on any atom is -0.543 e. The van der Waals surface area contributed by atoms with Crippen molar-refractivity contribution in [3.8, 4) is 5.75 Å². The molecule has 5 atom stereocenters. The second-order valence-electron chi connectivity index (χ2n) is 16.2. The maximum Gasteiger partial charge on any atom is 0.258 e. The number of benzene rings is 1. The Bertz CT molecular complexity index is 1110. The average Bonchev–Trinajstić information content (AvgIpc) is 3.38. The summed E-state index contributed by atoms with van der Waals surface area (Å²) < 4.78 is 21.2. The van der Waals surface area contributed by atoms with Crippen molar-refractivity contribution >= 4 is 22.7 Å². The highest BCUT2D eigenvalue weighted by atomic mass is 28.4. The Hall–Kier alpha value is -0.886. The molecule has 3 fully saturated rings. The zero-order valence-corrected chi connectivity index (χ0v) is 29.0. The first kappa shape index (κ1) is 29.6. The molecule has 1 aromatic rings. The summed E-state index contributed by atoms with van der Waals surface area (Å²) in [6, 6.07) is 6.91. The largest absolute Gasteiger partial charge is 0.543 e. The van der Waals surface area contributed by atoms with Crippen LogP contribution >= 0.6 is 0 Å². The van der Waals surface area contributed by atoms with Crippen LogP contribution in [0.2, 0.25) is 34.8 Å². The van der Waals surface area contributed by atoms with Gasteiger partial charge in [0.2, 0.25) is 0 Å². The quantitative estimate of drug-likeness (QED) is 0.242. The number of hydrogen-bond donors (Lipinski definition) is 0. The third-order valence-corrected chi connectivity index (χ3v) is 22.7. The van der Waals surface area contributed by atoms with Gasteiger partial charge in [0, 0.05) is 12.3 Å². The van der Waals surface area contributed by atoms with Crippen molar-refractivity contribution in [1.82, 2.24) is 0 Å². The summed E-state index contributed by atoms with van der Waals surface area (Å²) in [6.45, 7) is 28.6. The molecule has 1 aliphatic heterocycles. The lowest BCUT2D eigenvalue weighted by molar-refractivity contribution is 0.0112. The van der Waals surface area contributed by atoms with E-state index in [1.807, 2.05) is 0 Å². The summed E-state index contributed by atoms with van der Waals surface area (Å²) in [4.78, 5) is 0. The fourth-order valence-corrected chi connectivity index (χ4v) is 15.7. The van der Waals surface area contributed by atoms with Crippen LogP contribution in [0.25, 0.3) is 6.08 Å². The smallest absolute Gasteiger partial charge is 0.258 e. The van der Waals surface area contributed by atoms with Crippen LogP contribution in [-0.2, 0) is 15.6 Å². The van der Waals surface area contributed by atoms with E-state index in [-0.39, 0.29) is 21.7 Å². The molecule has 0 spiro atoms. The lowest BCUT2D eigenvalue weighted by atomic mass is 9.59. The normalized spacial score (nSPS) is 34.0. The molecule has 0 radical (unpaired) electrons. The average molecular weight is 569 g/mol. The van der Waals surface area contributed by atoms with Gasteiger partial charge in [-0.1, -0.05) is 81.4 Å². The highest BCUT2D eigenvalue weighted by molar-refractivity contribution is 6.78. The molecule has 1 heterocycles. The van der Waals surface area contributed by atoms with Gasteiger partial charge in [-0.15, -0.1) is 0 Å². The highest BCUT2D eigenvalue weighted by Gasteiger charge is 2.78. The van der Waals surface area contributed by atoms with Crippen LogP contribution in [0.5, 0.6) is 5.75 Å². The van der Waals surface area contributed by atoms with Crippen LogP contribution in [-0.4, -0.2) is 33.9 Å². The Morgan fingerprint density at radius 3 is 2.18 bits per heavy atom. The zero-order chi connectivity index (χ0) is 28.8. The minimum absolute atomic E-state index is 0.0634. The third kappa shape index (κ3) is 4.30. The second kappa shape index (κ2) is 9.31. The lowest BCUT2D eigenvalue weighted by Crippen LogP contribution is -2.52. The first-order valence-electron chi connectivity index (χ1n) is 15.8. The summed E-state index contributed by atoms with van der Waals surface area (Å²) in [7, 11) is -3.83. The number of hydrogen-bond acceptors (Lipinski definition) is 3. The van der Waals surface area contributed by atoms with Gasteiger partial charge in [-0.2, -0.15) is 0 Å². The summed E-state index contributed by atoms with van der Waals surface area (Å²) >= 11 is 0. The predicted molar refractivity (Wildman–Crippen MR) is 170 cm³/mol. The van der Waals surface area contributed by atoms with Crippen LogP contribution < -0.4 is 4.43 Å². The van der Waals surface area contributed by atoms with Gasteiger partial charge in [-0.3, -0.25) is 0 Å².